The van der Waals surface area contributed by atoms with E-state index in [2.05, 4.69) is 28.4 Å². The van der Waals surface area contributed by atoms with Crippen LogP contribution in [0.5, 0.6) is 5.75 Å². The Kier molecular flexibility index (Phi) is 4.13. The van der Waals surface area contributed by atoms with Crippen molar-refractivity contribution in [3.63, 3.8) is 0 Å². The molecule has 1 N–H and O–H groups in total. The van der Waals surface area contributed by atoms with E-state index in [0.717, 1.165) is 51.4 Å². The quantitative estimate of drug-likeness (QED) is 0.828. The molecule has 0 radical (unpaired) electrons. The average molecular weight is 255 g/mol. The largest absolute Gasteiger partial charge is 0.491 e. The van der Waals surface area contributed by atoms with Gasteiger partial charge in [-0.05, 0) is 24.5 Å². The van der Waals surface area contributed by atoms with Gasteiger partial charge in [-0.1, -0.05) is 12.1 Å². The van der Waals surface area contributed by atoms with Gasteiger partial charge in [0.2, 0.25) is 0 Å². The van der Waals surface area contributed by atoms with Crippen molar-refractivity contribution < 1.29 is 4.74 Å². The topological polar surface area (TPSA) is 24.5 Å². The Labute approximate surface area is 109 Å². The fourth-order valence-corrected chi connectivity index (χ4v) is 2.53. The second-order valence-electron chi connectivity index (χ2n) is 4.45. The second-order valence-corrected chi connectivity index (χ2v) is 4.45. The summed E-state index contributed by atoms with van der Waals surface area (Å²) < 4.78 is 5.85. The minimum atomic E-state index is 0. The highest BCUT2D eigenvalue weighted by atomic mass is 35.5. The summed E-state index contributed by atoms with van der Waals surface area (Å²) in [6.07, 6.45) is 2.31. The molecule has 1 aromatic carbocycles. The third kappa shape index (κ3) is 2.50. The molecule has 0 aromatic heterocycles. The van der Waals surface area contributed by atoms with Gasteiger partial charge in [-0.2, -0.15) is 0 Å². The Morgan fingerprint density at radius 3 is 2.82 bits per heavy atom. The number of rotatable bonds is 1. The maximum absolute atomic E-state index is 5.85. The van der Waals surface area contributed by atoms with Crippen LogP contribution in [0.15, 0.2) is 18.2 Å². The lowest BCUT2D eigenvalue weighted by Crippen LogP contribution is -2.43. The number of fused-ring (bicyclic) bond motifs is 1. The van der Waals surface area contributed by atoms with Gasteiger partial charge >= 0.3 is 0 Å². The van der Waals surface area contributed by atoms with Crippen molar-refractivity contribution in [2.45, 2.75) is 12.8 Å². The van der Waals surface area contributed by atoms with Crippen LogP contribution in [-0.4, -0.2) is 32.8 Å². The molecule has 0 spiro atoms. The molecule has 2 aliphatic rings. The molecule has 3 nitrogen and oxygen atoms in total. The van der Waals surface area contributed by atoms with Crippen molar-refractivity contribution in [2.75, 3.05) is 37.7 Å². The van der Waals surface area contributed by atoms with Crippen LogP contribution in [0.3, 0.4) is 0 Å². The van der Waals surface area contributed by atoms with Crippen LogP contribution in [0.25, 0.3) is 0 Å². The lowest BCUT2D eigenvalue weighted by molar-refractivity contribution is 0.288. The summed E-state index contributed by atoms with van der Waals surface area (Å²) in [5, 5.41) is 3.38. The molecular formula is C13H19ClN2O. The van der Waals surface area contributed by atoms with Gasteiger partial charge in [0.15, 0.2) is 0 Å². The highest BCUT2D eigenvalue weighted by Gasteiger charge is 2.19. The smallest absolute Gasteiger partial charge is 0.145 e. The molecule has 0 aliphatic carbocycles. The van der Waals surface area contributed by atoms with E-state index in [4.69, 9.17) is 4.74 Å². The van der Waals surface area contributed by atoms with Gasteiger partial charge in [-0.3, -0.25) is 0 Å². The van der Waals surface area contributed by atoms with Crippen LogP contribution < -0.4 is 15.0 Å². The van der Waals surface area contributed by atoms with Crippen molar-refractivity contribution in [1.29, 1.82) is 0 Å². The zero-order valence-corrected chi connectivity index (χ0v) is 10.8. The third-order valence-electron chi connectivity index (χ3n) is 3.37. The van der Waals surface area contributed by atoms with E-state index in [0.29, 0.717) is 0 Å². The van der Waals surface area contributed by atoms with Gasteiger partial charge < -0.3 is 15.0 Å². The number of benzene rings is 1. The number of hydrogen-bond donors (Lipinski definition) is 1. The molecule has 0 saturated carbocycles. The number of para-hydroxylation sites is 1. The van der Waals surface area contributed by atoms with Crippen molar-refractivity contribution in [2.24, 2.45) is 0 Å². The summed E-state index contributed by atoms with van der Waals surface area (Å²) >= 11 is 0. The van der Waals surface area contributed by atoms with E-state index in [1.807, 2.05) is 0 Å². The Morgan fingerprint density at radius 2 is 2.00 bits per heavy atom. The molecular weight excluding hydrogens is 236 g/mol. The van der Waals surface area contributed by atoms with Crippen LogP contribution in [0.2, 0.25) is 0 Å². The fraction of sp³-hybridized carbons (Fsp3) is 0.538. The summed E-state index contributed by atoms with van der Waals surface area (Å²) in [7, 11) is 0. The van der Waals surface area contributed by atoms with Crippen LogP contribution >= 0.6 is 12.4 Å². The maximum atomic E-state index is 5.85. The van der Waals surface area contributed by atoms with Gasteiger partial charge in [0, 0.05) is 26.2 Å². The Morgan fingerprint density at radius 1 is 1.18 bits per heavy atom. The fourth-order valence-electron chi connectivity index (χ4n) is 2.53. The minimum absolute atomic E-state index is 0. The molecule has 2 aliphatic heterocycles. The zero-order valence-electron chi connectivity index (χ0n) is 9.95. The predicted molar refractivity (Wildman–Crippen MR) is 72.6 cm³/mol. The van der Waals surface area contributed by atoms with Gasteiger partial charge in [0.05, 0.1) is 12.3 Å². The maximum Gasteiger partial charge on any atom is 0.145 e. The molecule has 0 atom stereocenters. The summed E-state index contributed by atoms with van der Waals surface area (Å²) in [6.45, 7) is 5.18. The molecule has 0 unspecified atom stereocenters. The molecule has 0 bridgehead atoms. The number of hydrogen-bond acceptors (Lipinski definition) is 3. The molecule has 4 heteroatoms. The lowest BCUT2D eigenvalue weighted by atomic mass is 10.0. The van der Waals surface area contributed by atoms with E-state index in [1.165, 1.54) is 11.3 Å². The van der Waals surface area contributed by atoms with E-state index in [-0.39, 0.29) is 12.4 Å². The van der Waals surface area contributed by atoms with E-state index >= 15 is 0 Å². The summed E-state index contributed by atoms with van der Waals surface area (Å²) in [6, 6.07) is 6.54. The van der Waals surface area contributed by atoms with Crippen LogP contribution in [0.1, 0.15) is 12.0 Å². The van der Waals surface area contributed by atoms with Crippen molar-refractivity contribution in [3.05, 3.63) is 23.8 Å². The number of piperazine rings is 1. The first-order valence-electron chi connectivity index (χ1n) is 6.15. The SMILES string of the molecule is Cl.c1cc2c(c(N3CCNCC3)c1)OCCC2. The molecule has 17 heavy (non-hydrogen) atoms. The Hall–Kier alpha value is -0.930. The Balaban J connectivity index is 0.00000108. The van der Waals surface area contributed by atoms with Crippen LogP contribution in [-0.2, 0) is 6.42 Å². The zero-order chi connectivity index (χ0) is 10.8. The highest BCUT2D eigenvalue weighted by Crippen LogP contribution is 2.35. The minimum Gasteiger partial charge on any atom is -0.491 e. The van der Waals surface area contributed by atoms with Crippen molar-refractivity contribution in [1.82, 2.24) is 5.32 Å². The molecule has 0 amide bonds. The van der Waals surface area contributed by atoms with E-state index < -0.39 is 0 Å². The van der Waals surface area contributed by atoms with Gasteiger partial charge in [-0.25, -0.2) is 0 Å². The molecule has 1 aromatic rings. The van der Waals surface area contributed by atoms with Crippen molar-refractivity contribution >= 4 is 18.1 Å². The van der Waals surface area contributed by atoms with Crippen molar-refractivity contribution in [3.8, 4) is 5.75 Å². The molecule has 2 heterocycles. The summed E-state index contributed by atoms with van der Waals surface area (Å²) in [5.41, 5.74) is 2.67. The number of halogens is 1. The predicted octanol–water partition coefficient (Wildman–Crippen LogP) is 1.84. The second kappa shape index (κ2) is 5.61. The monoisotopic (exact) mass is 254 g/mol. The highest BCUT2D eigenvalue weighted by molar-refractivity contribution is 5.85. The number of anilines is 1. The van der Waals surface area contributed by atoms with Gasteiger partial charge in [-0.15, -0.1) is 12.4 Å². The number of aryl methyl sites for hydroxylation is 1. The number of nitrogens with zero attached hydrogens (tertiary/aromatic N) is 1. The third-order valence-corrected chi connectivity index (χ3v) is 3.37. The first-order valence-corrected chi connectivity index (χ1v) is 6.15. The number of ether oxygens (including phenoxy) is 1. The van der Waals surface area contributed by atoms with Crippen LogP contribution in [0, 0.1) is 0 Å². The molecule has 1 fully saturated rings. The summed E-state index contributed by atoms with van der Waals surface area (Å²) in [4.78, 5) is 2.43. The van der Waals surface area contributed by atoms with Gasteiger partial charge in [0.25, 0.3) is 0 Å². The van der Waals surface area contributed by atoms with E-state index in [1.54, 1.807) is 0 Å². The van der Waals surface area contributed by atoms with E-state index in [9.17, 15) is 0 Å². The molecule has 1 saturated heterocycles. The lowest BCUT2D eigenvalue weighted by Gasteiger charge is -2.32. The Bertz CT molecular complexity index is 378. The molecule has 94 valence electrons. The first-order chi connectivity index (χ1) is 7.95. The summed E-state index contributed by atoms with van der Waals surface area (Å²) in [5.74, 6) is 1.13. The average Bonchev–Trinajstić information content (AvgIpc) is 2.39. The van der Waals surface area contributed by atoms with Gasteiger partial charge in [0.1, 0.15) is 5.75 Å². The first kappa shape index (κ1) is 12.5. The normalized spacial score (nSPS) is 18.9. The molecule has 3 rings (SSSR count). The standard InChI is InChI=1S/C13H18N2O.ClH/c1-3-11-4-2-10-16-13(11)12(5-1)15-8-6-14-7-9-15;/h1,3,5,14H,2,4,6-10H2;1H. The van der Waals surface area contributed by atoms with Crippen LogP contribution in [0.4, 0.5) is 5.69 Å². The number of nitrogens with one attached hydrogen (secondary N) is 1.